The van der Waals surface area contributed by atoms with Gasteiger partial charge in [0, 0.05) is 4.91 Å². The molecular weight excluding hydrogens is 586 g/mol. The van der Waals surface area contributed by atoms with Gasteiger partial charge < -0.3 is 33.2 Å². The van der Waals surface area contributed by atoms with E-state index in [-0.39, 0.29) is 24.9 Å². The first kappa shape index (κ1) is 32.4. The summed E-state index contributed by atoms with van der Waals surface area (Å²) in [4.78, 5) is 3.03. The van der Waals surface area contributed by atoms with Gasteiger partial charge in [-0.05, 0) is 42.5 Å². The van der Waals surface area contributed by atoms with Crippen molar-refractivity contribution in [3.8, 4) is 0 Å². The lowest BCUT2D eigenvalue weighted by Crippen LogP contribution is -2.62. The van der Waals surface area contributed by atoms with Gasteiger partial charge in [-0.2, -0.15) is 0 Å². The van der Waals surface area contributed by atoms with E-state index >= 15 is 0 Å². The highest BCUT2D eigenvalue weighted by Gasteiger charge is 2.52. The minimum atomic E-state index is -0.885. The molecule has 10 heteroatoms. The van der Waals surface area contributed by atoms with E-state index < -0.39 is 36.5 Å². The molecule has 46 heavy (non-hydrogen) atoms. The van der Waals surface area contributed by atoms with E-state index in [2.05, 4.69) is 10.0 Å². The quantitative estimate of drug-likeness (QED) is 0.0903. The SMILES string of the molecule is CC1(C)O[C@H]2[C@@H](O[C@H]3O[C@H](CN=[N+]=[N-])[C@@H](OCc4ccccc4)[C@H](OCc4ccccc4)[C@H]3OCc3ccccc3)CC=C[C@H]2O1. The van der Waals surface area contributed by atoms with Crippen LogP contribution < -0.4 is 0 Å². The van der Waals surface area contributed by atoms with Crippen LogP contribution in [-0.2, 0) is 53.0 Å². The van der Waals surface area contributed by atoms with Gasteiger partial charge in [0.05, 0.1) is 38.6 Å². The Hall–Kier alpha value is -3.57. The third-order valence-corrected chi connectivity index (χ3v) is 8.30. The van der Waals surface area contributed by atoms with Crippen molar-refractivity contribution in [3.63, 3.8) is 0 Å². The Morgan fingerprint density at radius 1 is 0.761 bits per heavy atom. The standard InChI is InChI=1S/C36H41N3O7/c1-36(2)45-29-20-12-19-28(31(29)46-36)43-35-34(42-24-27-17-10-5-11-18-27)33(41-23-26-15-8-4-9-16-26)32(30(44-35)21-38-39-37)40-22-25-13-6-3-7-14-25/h3-18,20,28-35H,19,21-24H2,1-2H3/t28-,29+,30+,31-,32+,33-,34+,35-/m0/s1. The normalized spacial score (nSPS) is 30.0. The number of benzene rings is 3. The fourth-order valence-electron chi connectivity index (χ4n) is 6.16. The molecule has 3 aliphatic rings. The number of ether oxygens (including phenoxy) is 7. The number of fused-ring (bicyclic) bond motifs is 1. The lowest BCUT2D eigenvalue weighted by atomic mass is 9.96. The molecule has 0 bridgehead atoms. The van der Waals surface area contributed by atoms with Crippen LogP contribution in [0.3, 0.4) is 0 Å². The molecule has 2 fully saturated rings. The molecule has 6 rings (SSSR count). The summed E-state index contributed by atoms with van der Waals surface area (Å²) in [5.74, 6) is -0.746. The molecule has 2 saturated heterocycles. The predicted molar refractivity (Wildman–Crippen MR) is 170 cm³/mol. The summed E-state index contributed by atoms with van der Waals surface area (Å²) < 4.78 is 45.8. The van der Waals surface area contributed by atoms with E-state index in [0.717, 1.165) is 16.7 Å². The van der Waals surface area contributed by atoms with Gasteiger partial charge in [0.15, 0.2) is 12.1 Å². The average molecular weight is 628 g/mol. The Morgan fingerprint density at radius 3 is 1.87 bits per heavy atom. The molecule has 0 saturated carbocycles. The lowest BCUT2D eigenvalue weighted by Gasteiger charge is -2.47. The smallest absolute Gasteiger partial charge is 0.187 e. The summed E-state index contributed by atoms with van der Waals surface area (Å²) in [6.45, 7) is 4.74. The van der Waals surface area contributed by atoms with Crippen LogP contribution in [-0.4, -0.2) is 61.3 Å². The highest BCUT2D eigenvalue weighted by Crippen LogP contribution is 2.38. The number of hydrogen-bond acceptors (Lipinski definition) is 8. The third kappa shape index (κ3) is 8.22. The molecule has 3 aromatic rings. The van der Waals surface area contributed by atoms with E-state index in [0.29, 0.717) is 26.2 Å². The first-order chi connectivity index (χ1) is 22.5. The Bertz CT molecular complexity index is 1450. The minimum absolute atomic E-state index is 0.0235. The van der Waals surface area contributed by atoms with Gasteiger partial charge in [-0.15, -0.1) is 0 Å². The van der Waals surface area contributed by atoms with Crippen LogP contribution in [0.25, 0.3) is 10.4 Å². The number of azide groups is 1. The molecule has 0 N–H and O–H groups in total. The second kappa shape index (κ2) is 15.3. The number of rotatable bonds is 13. The summed E-state index contributed by atoms with van der Waals surface area (Å²) in [5, 5.41) is 3.89. The van der Waals surface area contributed by atoms with E-state index in [4.69, 9.17) is 33.2 Å². The van der Waals surface area contributed by atoms with Crippen LogP contribution in [0.1, 0.15) is 37.0 Å². The predicted octanol–water partition coefficient (Wildman–Crippen LogP) is 6.64. The second-order valence-electron chi connectivity index (χ2n) is 12.1. The van der Waals surface area contributed by atoms with Crippen molar-refractivity contribution in [2.24, 2.45) is 5.11 Å². The molecular formula is C36H41N3O7. The zero-order chi connectivity index (χ0) is 31.8. The maximum atomic E-state index is 9.29. The molecule has 10 nitrogen and oxygen atoms in total. The molecule has 0 aromatic heterocycles. The van der Waals surface area contributed by atoms with Crippen LogP contribution >= 0.6 is 0 Å². The maximum absolute atomic E-state index is 9.29. The van der Waals surface area contributed by atoms with E-state index in [1.54, 1.807) is 0 Å². The van der Waals surface area contributed by atoms with Crippen LogP contribution in [0.4, 0.5) is 0 Å². The first-order valence-electron chi connectivity index (χ1n) is 15.8. The first-order valence-corrected chi connectivity index (χ1v) is 15.8. The number of nitrogens with zero attached hydrogens (tertiary/aromatic N) is 3. The van der Waals surface area contributed by atoms with Gasteiger partial charge in [0.1, 0.15) is 30.5 Å². The van der Waals surface area contributed by atoms with Crippen molar-refractivity contribution in [3.05, 3.63) is 130 Å². The van der Waals surface area contributed by atoms with Crippen molar-refractivity contribution in [2.45, 2.75) is 94.9 Å². The highest BCUT2D eigenvalue weighted by molar-refractivity contribution is 5.16. The molecule has 0 radical (unpaired) electrons. The van der Waals surface area contributed by atoms with Crippen LogP contribution in [0, 0.1) is 0 Å². The fourth-order valence-corrected chi connectivity index (χ4v) is 6.16. The molecule has 0 unspecified atom stereocenters. The van der Waals surface area contributed by atoms with Crippen LogP contribution in [0.15, 0.2) is 108 Å². The summed E-state index contributed by atoms with van der Waals surface area (Å²) in [6.07, 6.45) is 0.190. The largest absolute Gasteiger partial charge is 0.368 e. The maximum Gasteiger partial charge on any atom is 0.187 e. The van der Waals surface area contributed by atoms with E-state index in [9.17, 15) is 5.53 Å². The highest BCUT2D eigenvalue weighted by atomic mass is 16.8. The minimum Gasteiger partial charge on any atom is -0.368 e. The van der Waals surface area contributed by atoms with Crippen molar-refractivity contribution in [2.75, 3.05) is 6.54 Å². The topological polar surface area (TPSA) is 113 Å². The summed E-state index contributed by atoms with van der Waals surface area (Å²) in [6, 6.07) is 29.8. The molecule has 0 amide bonds. The monoisotopic (exact) mass is 627 g/mol. The van der Waals surface area contributed by atoms with Crippen molar-refractivity contribution in [1.82, 2.24) is 0 Å². The van der Waals surface area contributed by atoms with Crippen molar-refractivity contribution >= 4 is 0 Å². The summed E-state index contributed by atoms with van der Waals surface area (Å²) in [7, 11) is 0. The van der Waals surface area contributed by atoms with Gasteiger partial charge >= 0.3 is 0 Å². The van der Waals surface area contributed by atoms with E-state index in [1.807, 2.05) is 117 Å². The Balaban J connectivity index is 1.32. The Kier molecular flexibility index (Phi) is 10.8. The van der Waals surface area contributed by atoms with Crippen molar-refractivity contribution in [1.29, 1.82) is 0 Å². The van der Waals surface area contributed by atoms with Gasteiger partial charge in [-0.3, -0.25) is 0 Å². The molecule has 1 aliphatic carbocycles. The van der Waals surface area contributed by atoms with Gasteiger partial charge in [-0.1, -0.05) is 108 Å². The number of hydrogen-bond donors (Lipinski definition) is 0. The zero-order valence-electron chi connectivity index (χ0n) is 26.2. The molecule has 2 heterocycles. The Labute approximate surface area is 269 Å². The van der Waals surface area contributed by atoms with Gasteiger partial charge in [-0.25, -0.2) is 0 Å². The fraction of sp³-hybridized carbons (Fsp3) is 0.444. The van der Waals surface area contributed by atoms with E-state index in [1.165, 1.54) is 0 Å². The van der Waals surface area contributed by atoms with Crippen LogP contribution in [0.2, 0.25) is 0 Å². The van der Waals surface area contributed by atoms with Gasteiger partial charge in [0.2, 0.25) is 0 Å². The molecule has 242 valence electrons. The van der Waals surface area contributed by atoms with Gasteiger partial charge in [0.25, 0.3) is 0 Å². The molecule has 8 atom stereocenters. The summed E-state index contributed by atoms with van der Waals surface area (Å²) in [5.41, 5.74) is 12.3. The lowest BCUT2D eigenvalue weighted by molar-refractivity contribution is -0.335. The summed E-state index contributed by atoms with van der Waals surface area (Å²) >= 11 is 0. The zero-order valence-corrected chi connectivity index (χ0v) is 26.2. The Morgan fingerprint density at radius 2 is 1.30 bits per heavy atom. The average Bonchev–Trinajstić information content (AvgIpc) is 3.41. The molecule has 2 aliphatic heterocycles. The molecule has 0 spiro atoms. The third-order valence-electron chi connectivity index (χ3n) is 8.30. The van der Waals surface area contributed by atoms with Crippen molar-refractivity contribution < 1.29 is 33.2 Å². The van der Waals surface area contributed by atoms with Crippen LogP contribution in [0.5, 0.6) is 0 Å². The molecule has 3 aromatic carbocycles. The second-order valence-corrected chi connectivity index (χ2v) is 12.1.